The minimum absolute atomic E-state index is 0.0606. The highest BCUT2D eigenvalue weighted by Crippen LogP contribution is 2.27. The molecule has 0 fully saturated rings. The molecule has 2 aromatic heterocycles. The first-order valence-electron chi connectivity index (χ1n) is 4.63. The minimum Gasteiger partial charge on any atom is -0.388 e. The summed E-state index contributed by atoms with van der Waals surface area (Å²) in [6.45, 7) is 0. The topological polar surface area (TPSA) is 69.6 Å². The van der Waals surface area contributed by atoms with Crippen LogP contribution in [0.5, 0.6) is 0 Å². The average molecular weight is 273 g/mol. The van der Waals surface area contributed by atoms with Gasteiger partial charge in [-0.2, -0.15) is 18.3 Å². The first-order valence-corrected chi connectivity index (χ1v) is 5.04. The van der Waals surface area contributed by atoms with Crippen molar-refractivity contribution in [3.63, 3.8) is 0 Å². The fraction of sp³-hybridized carbons (Fsp3) is 0.111. The fourth-order valence-electron chi connectivity index (χ4n) is 1.17. The number of thiocarbonyl (C=S) groups is 1. The highest BCUT2D eigenvalue weighted by atomic mass is 32.1. The van der Waals surface area contributed by atoms with Gasteiger partial charge in [-0.05, 0) is 6.07 Å². The minimum atomic E-state index is -4.49. The Kier molecular flexibility index (Phi) is 2.99. The maximum Gasteiger partial charge on any atom is 0.435 e. The van der Waals surface area contributed by atoms with Crippen molar-refractivity contribution in [1.82, 2.24) is 19.7 Å². The first-order chi connectivity index (χ1) is 8.38. The van der Waals surface area contributed by atoms with Crippen molar-refractivity contribution in [2.45, 2.75) is 6.18 Å². The van der Waals surface area contributed by atoms with Crippen LogP contribution in [0.25, 0.3) is 5.82 Å². The van der Waals surface area contributed by atoms with E-state index in [0.29, 0.717) is 0 Å². The third kappa shape index (κ3) is 2.45. The van der Waals surface area contributed by atoms with Crippen LogP contribution in [0.4, 0.5) is 13.2 Å². The molecule has 0 amide bonds. The molecule has 2 aromatic rings. The van der Waals surface area contributed by atoms with Crippen LogP contribution in [0.3, 0.4) is 0 Å². The van der Waals surface area contributed by atoms with Crippen molar-refractivity contribution < 1.29 is 13.2 Å². The summed E-state index contributed by atoms with van der Waals surface area (Å²) in [5, 5.41) is 3.35. The summed E-state index contributed by atoms with van der Waals surface area (Å²) in [6, 6.07) is 0.850. The molecule has 0 spiro atoms. The molecule has 0 saturated carbocycles. The van der Waals surface area contributed by atoms with E-state index in [1.807, 2.05) is 0 Å². The zero-order chi connectivity index (χ0) is 13.3. The van der Waals surface area contributed by atoms with Crippen LogP contribution >= 0.6 is 12.2 Å². The van der Waals surface area contributed by atoms with Gasteiger partial charge in [0.25, 0.3) is 0 Å². The lowest BCUT2D eigenvalue weighted by atomic mass is 10.4. The van der Waals surface area contributed by atoms with Gasteiger partial charge >= 0.3 is 6.18 Å². The number of alkyl halides is 3. The molecule has 0 saturated heterocycles. The van der Waals surface area contributed by atoms with Crippen molar-refractivity contribution >= 4 is 17.2 Å². The van der Waals surface area contributed by atoms with Gasteiger partial charge in [-0.1, -0.05) is 12.2 Å². The van der Waals surface area contributed by atoms with Gasteiger partial charge in [-0.3, -0.25) is 0 Å². The maximum atomic E-state index is 12.3. The highest BCUT2D eigenvalue weighted by Gasteiger charge is 2.33. The molecule has 0 aliphatic carbocycles. The molecule has 0 aliphatic rings. The Hall–Kier alpha value is -2.03. The summed E-state index contributed by atoms with van der Waals surface area (Å²) in [5.74, 6) is 0.144. The van der Waals surface area contributed by atoms with E-state index in [2.05, 4.69) is 27.3 Å². The molecule has 9 heteroatoms. The van der Waals surface area contributed by atoms with E-state index < -0.39 is 11.9 Å². The second-order valence-electron chi connectivity index (χ2n) is 3.27. The Morgan fingerprint density at radius 3 is 2.44 bits per heavy atom. The predicted molar refractivity (Wildman–Crippen MR) is 60.0 cm³/mol. The van der Waals surface area contributed by atoms with Gasteiger partial charge in [-0.25, -0.2) is 14.6 Å². The van der Waals surface area contributed by atoms with Crippen LogP contribution in [0, 0.1) is 0 Å². The number of nitrogens with two attached hydrogens (primary N) is 1. The van der Waals surface area contributed by atoms with Crippen molar-refractivity contribution in [2.24, 2.45) is 5.73 Å². The second-order valence-corrected chi connectivity index (χ2v) is 3.71. The molecule has 0 bridgehead atoms. The van der Waals surface area contributed by atoms with E-state index in [0.717, 1.165) is 16.9 Å². The molecular formula is C9H6F3N5S. The number of hydrogen-bond acceptors (Lipinski definition) is 4. The Morgan fingerprint density at radius 1 is 1.28 bits per heavy atom. The van der Waals surface area contributed by atoms with Gasteiger partial charge in [0.1, 0.15) is 10.7 Å². The van der Waals surface area contributed by atoms with Crippen LogP contribution in [0.1, 0.15) is 11.4 Å². The van der Waals surface area contributed by atoms with E-state index in [4.69, 9.17) is 5.73 Å². The zero-order valence-corrected chi connectivity index (χ0v) is 9.53. The lowest BCUT2D eigenvalue weighted by Crippen LogP contribution is -2.13. The number of nitrogens with zero attached hydrogens (tertiary/aromatic N) is 4. The first kappa shape index (κ1) is 12.4. The molecule has 0 unspecified atom stereocenters. The molecule has 2 rings (SSSR count). The molecule has 0 aromatic carbocycles. The fourth-order valence-corrected chi connectivity index (χ4v) is 1.27. The largest absolute Gasteiger partial charge is 0.435 e. The van der Waals surface area contributed by atoms with E-state index in [1.54, 1.807) is 0 Å². The molecule has 2 N–H and O–H groups in total. The van der Waals surface area contributed by atoms with Crippen LogP contribution in [-0.4, -0.2) is 24.7 Å². The Balaban J connectivity index is 2.32. The van der Waals surface area contributed by atoms with Gasteiger partial charge in [-0.15, -0.1) is 0 Å². The summed E-state index contributed by atoms with van der Waals surface area (Å²) >= 11 is 4.68. The lowest BCUT2D eigenvalue weighted by Gasteiger charge is -2.02. The lowest BCUT2D eigenvalue weighted by molar-refractivity contribution is -0.141. The molecule has 0 radical (unpaired) electrons. The number of hydrogen-bond donors (Lipinski definition) is 1. The van der Waals surface area contributed by atoms with E-state index in [-0.39, 0.29) is 16.5 Å². The zero-order valence-electron chi connectivity index (χ0n) is 8.72. The molecule has 0 aliphatic heterocycles. The molecule has 2 heterocycles. The third-order valence-corrected chi connectivity index (χ3v) is 2.21. The summed E-state index contributed by atoms with van der Waals surface area (Å²) in [7, 11) is 0. The monoisotopic (exact) mass is 273 g/mol. The Labute approximate surface area is 104 Å². The van der Waals surface area contributed by atoms with Crippen LogP contribution in [-0.2, 0) is 6.18 Å². The second kappa shape index (κ2) is 4.33. The summed E-state index contributed by atoms with van der Waals surface area (Å²) in [4.78, 5) is 7.78. The van der Waals surface area contributed by atoms with Crippen molar-refractivity contribution in [1.29, 1.82) is 0 Å². The molecule has 5 nitrogen and oxygen atoms in total. The van der Waals surface area contributed by atoms with Crippen LogP contribution in [0.2, 0.25) is 0 Å². The SMILES string of the molecule is NC(=S)c1cnc(-n2ccc(C(F)(F)F)n2)cn1. The van der Waals surface area contributed by atoms with Gasteiger partial charge in [0.2, 0.25) is 0 Å². The number of halogens is 3. The maximum absolute atomic E-state index is 12.3. The molecule has 0 atom stereocenters. The molecular weight excluding hydrogens is 267 g/mol. The van der Waals surface area contributed by atoms with Crippen molar-refractivity contribution in [3.05, 3.63) is 36.0 Å². The normalized spacial score (nSPS) is 11.5. The van der Waals surface area contributed by atoms with Crippen molar-refractivity contribution in [2.75, 3.05) is 0 Å². The Morgan fingerprint density at radius 2 is 2.00 bits per heavy atom. The van der Waals surface area contributed by atoms with Gasteiger partial charge in [0, 0.05) is 6.20 Å². The smallest absolute Gasteiger partial charge is 0.388 e. The molecule has 94 valence electrons. The number of rotatable bonds is 2. The summed E-state index contributed by atoms with van der Waals surface area (Å²) < 4.78 is 38.0. The predicted octanol–water partition coefficient (Wildman–Crippen LogP) is 1.32. The summed E-state index contributed by atoms with van der Waals surface area (Å²) in [6.07, 6.45) is -0.834. The Bertz CT molecular complexity index is 575. The van der Waals surface area contributed by atoms with E-state index in [9.17, 15) is 13.2 Å². The van der Waals surface area contributed by atoms with E-state index >= 15 is 0 Å². The van der Waals surface area contributed by atoms with Gasteiger partial charge in [0.15, 0.2) is 11.5 Å². The summed E-state index contributed by atoms with van der Waals surface area (Å²) in [5.41, 5.74) is 4.61. The average Bonchev–Trinajstić information content (AvgIpc) is 2.78. The van der Waals surface area contributed by atoms with Crippen molar-refractivity contribution in [3.8, 4) is 5.82 Å². The standard InChI is InChI=1S/C9H6F3N5S/c10-9(11,12)6-1-2-17(16-6)7-4-14-5(3-15-7)8(13)18/h1-4H,(H2,13,18). The van der Waals surface area contributed by atoms with Crippen LogP contribution in [0.15, 0.2) is 24.7 Å². The third-order valence-electron chi connectivity index (χ3n) is 2.00. The van der Waals surface area contributed by atoms with Gasteiger partial charge < -0.3 is 5.73 Å². The highest BCUT2D eigenvalue weighted by molar-refractivity contribution is 7.80. The number of aromatic nitrogens is 4. The van der Waals surface area contributed by atoms with Crippen LogP contribution < -0.4 is 5.73 Å². The van der Waals surface area contributed by atoms with Gasteiger partial charge in [0.05, 0.1) is 12.4 Å². The molecule has 18 heavy (non-hydrogen) atoms. The quantitative estimate of drug-likeness (QED) is 0.836. The van der Waals surface area contributed by atoms with E-state index in [1.165, 1.54) is 12.4 Å².